The van der Waals surface area contributed by atoms with Crippen LogP contribution in [-0.4, -0.2) is 75.1 Å². The van der Waals surface area contributed by atoms with Crippen molar-refractivity contribution in [3.05, 3.63) is 29.8 Å². The van der Waals surface area contributed by atoms with Gasteiger partial charge >= 0.3 is 0 Å². The summed E-state index contributed by atoms with van der Waals surface area (Å²) in [5.41, 5.74) is 1.13. The molecule has 0 saturated carbocycles. The molecule has 1 aliphatic heterocycles. The van der Waals surface area contributed by atoms with Crippen molar-refractivity contribution >= 4 is 35.8 Å². The van der Waals surface area contributed by atoms with E-state index < -0.39 is 0 Å². The molecular weight excluding hydrogens is 481 g/mol. The van der Waals surface area contributed by atoms with Crippen LogP contribution in [0.1, 0.15) is 25.8 Å². The first-order valence-electron chi connectivity index (χ1n) is 10.0. The first-order chi connectivity index (χ1) is 13.4. The number of likely N-dealkylation sites (tertiary alicyclic amines) is 1. The van der Waals surface area contributed by atoms with Crippen LogP contribution < -0.4 is 15.4 Å². The normalized spacial score (nSPS) is 16.7. The number of halogens is 1. The van der Waals surface area contributed by atoms with E-state index in [2.05, 4.69) is 32.7 Å². The molecule has 29 heavy (non-hydrogen) atoms. The van der Waals surface area contributed by atoms with Gasteiger partial charge < -0.3 is 25.2 Å². The maximum atomic E-state index is 12.1. The fourth-order valence-corrected chi connectivity index (χ4v) is 3.11. The van der Waals surface area contributed by atoms with Gasteiger partial charge in [-0.2, -0.15) is 0 Å². The van der Waals surface area contributed by atoms with Crippen molar-refractivity contribution in [2.75, 3.05) is 47.4 Å². The Morgan fingerprint density at radius 2 is 2.14 bits per heavy atom. The standard InChI is InChI=1S/C21H35N5O2.HI/c1-16(2)20(27)26-10-9-18(15-26)24-21(22-3)23-14-17-7-6-8-19(13-17)28-12-11-25(4)5;/h6-8,13,16,18H,9-12,14-15H2,1-5H3,(H2,22,23,24);1H. The summed E-state index contributed by atoms with van der Waals surface area (Å²) in [5.74, 6) is 1.90. The minimum Gasteiger partial charge on any atom is -0.492 e. The van der Waals surface area contributed by atoms with Gasteiger partial charge in [0, 0.05) is 45.2 Å². The lowest BCUT2D eigenvalue weighted by molar-refractivity contribution is -0.133. The zero-order valence-electron chi connectivity index (χ0n) is 18.3. The van der Waals surface area contributed by atoms with Gasteiger partial charge in [-0.3, -0.25) is 9.79 Å². The molecule has 1 amide bonds. The van der Waals surface area contributed by atoms with Gasteiger partial charge in [0.2, 0.25) is 5.91 Å². The highest BCUT2D eigenvalue weighted by molar-refractivity contribution is 14.0. The quantitative estimate of drug-likeness (QED) is 0.315. The smallest absolute Gasteiger partial charge is 0.225 e. The van der Waals surface area contributed by atoms with Gasteiger partial charge in [0.25, 0.3) is 0 Å². The summed E-state index contributed by atoms with van der Waals surface area (Å²) in [6.07, 6.45) is 0.939. The molecule has 1 aliphatic rings. The SMILES string of the molecule is CN=C(NCc1cccc(OCCN(C)C)c1)NC1CCN(C(=O)C(C)C)C1.I. The number of amides is 1. The number of rotatable bonds is 8. The number of aliphatic imine (C=N–C) groups is 1. The van der Waals surface area contributed by atoms with E-state index >= 15 is 0 Å². The molecule has 2 rings (SSSR count). The molecular formula is C21H36IN5O2. The lowest BCUT2D eigenvalue weighted by atomic mass is 10.2. The van der Waals surface area contributed by atoms with Gasteiger partial charge in [-0.25, -0.2) is 0 Å². The second kappa shape index (κ2) is 12.9. The third-order valence-electron chi connectivity index (χ3n) is 4.72. The molecule has 1 fully saturated rings. The van der Waals surface area contributed by atoms with Crippen LogP contribution >= 0.6 is 24.0 Å². The van der Waals surface area contributed by atoms with Crippen LogP contribution in [0.15, 0.2) is 29.3 Å². The zero-order chi connectivity index (χ0) is 20.5. The number of guanidine groups is 1. The number of ether oxygens (including phenoxy) is 1. The molecule has 1 unspecified atom stereocenters. The fourth-order valence-electron chi connectivity index (χ4n) is 3.11. The van der Waals surface area contributed by atoms with Gasteiger partial charge in [0.05, 0.1) is 0 Å². The molecule has 1 aromatic rings. The van der Waals surface area contributed by atoms with E-state index in [1.54, 1.807) is 7.05 Å². The van der Waals surface area contributed by atoms with Crippen molar-refractivity contribution in [2.24, 2.45) is 10.9 Å². The summed E-state index contributed by atoms with van der Waals surface area (Å²) in [6, 6.07) is 8.33. The largest absolute Gasteiger partial charge is 0.492 e. The molecule has 0 bridgehead atoms. The summed E-state index contributed by atoms with van der Waals surface area (Å²) in [7, 11) is 5.83. The summed E-state index contributed by atoms with van der Waals surface area (Å²) in [6.45, 7) is 7.64. The Morgan fingerprint density at radius 3 is 2.79 bits per heavy atom. The molecule has 1 heterocycles. The Balaban J connectivity index is 0.00000420. The number of carbonyl (C=O) groups is 1. The molecule has 1 aromatic carbocycles. The molecule has 2 N–H and O–H groups in total. The summed E-state index contributed by atoms with van der Waals surface area (Å²) in [4.78, 5) is 20.5. The van der Waals surface area contributed by atoms with E-state index in [-0.39, 0.29) is 41.8 Å². The Bertz CT molecular complexity index is 666. The van der Waals surface area contributed by atoms with Crippen molar-refractivity contribution in [3.63, 3.8) is 0 Å². The molecule has 1 saturated heterocycles. The minimum absolute atomic E-state index is 0. The third kappa shape index (κ3) is 8.77. The third-order valence-corrected chi connectivity index (χ3v) is 4.72. The maximum absolute atomic E-state index is 12.1. The number of nitrogens with zero attached hydrogens (tertiary/aromatic N) is 3. The average molecular weight is 517 g/mol. The molecule has 0 aliphatic carbocycles. The lowest BCUT2D eigenvalue weighted by Gasteiger charge is -2.20. The van der Waals surface area contributed by atoms with Gasteiger partial charge in [-0.15, -0.1) is 24.0 Å². The highest BCUT2D eigenvalue weighted by Crippen LogP contribution is 2.14. The van der Waals surface area contributed by atoms with Crippen LogP contribution in [-0.2, 0) is 11.3 Å². The Kier molecular flexibility index (Phi) is 11.3. The maximum Gasteiger partial charge on any atom is 0.225 e. The van der Waals surface area contributed by atoms with Crippen molar-refractivity contribution < 1.29 is 9.53 Å². The molecule has 0 spiro atoms. The number of nitrogens with one attached hydrogen (secondary N) is 2. The van der Waals surface area contributed by atoms with E-state index in [1.807, 2.05) is 45.0 Å². The number of benzene rings is 1. The fraction of sp³-hybridized carbons (Fsp3) is 0.619. The van der Waals surface area contributed by atoms with E-state index in [4.69, 9.17) is 4.74 Å². The number of hydrogen-bond donors (Lipinski definition) is 2. The first-order valence-corrected chi connectivity index (χ1v) is 10.0. The topological polar surface area (TPSA) is 69.2 Å². The lowest BCUT2D eigenvalue weighted by Crippen LogP contribution is -2.45. The molecule has 0 radical (unpaired) electrons. The Labute approximate surface area is 192 Å². The van der Waals surface area contributed by atoms with Crippen LogP contribution in [0.2, 0.25) is 0 Å². The predicted molar refractivity (Wildman–Crippen MR) is 129 cm³/mol. The summed E-state index contributed by atoms with van der Waals surface area (Å²) in [5, 5.41) is 6.78. The number of likely N-dealkylation sites (N-methyl/N-ethyl adjacent to an activating group) is 1. The minimum atomic E-state index is 0. The van der Waals surface area contributed by atoms with Gasteiger partial charge in [0.15, 0.2) is 5.96 Å². The first kappa shape index (κ1) is 25.5. The second-order valence-corrected chi connectivity index (χ2v) is 7.79. The zero-order valence-corrected chi connectivity index (χ0v) is 20.6. The van der Waals surface area contributed by atoms with Gasteiger partial charge in [-0.1, -0.05) is 26.0 Å². The van der Waals surface area contributed by atoms with Crippen LogP contribution in [0.3, 0.4) is 0 Å². The van der Waals surface area contributed by atoms with Crippen LogP contribution in [0.5, 0.6) is 5.75 Å². The Morgan fingerprint density at radius 1 is 1.38 bits per heavy atom. The highest BCUT2D eigenvalue weighted by Gasteiger charge is 2.27. The van der Waals surface area contributed by atoms with Crippen molar-refractivity contribution in [1.82, 2.24) is 20.4 Å². The molecule has 164 valence electrons. The number of hydrogen-bond acceptors (Lipinski definition) is 4. The van der Waals surface area contributed by atoms with Gasteiger partial charge in [-0.05, 0) is 38.2 Å². The van der Waals surface area contributed by atoms with Crippen molar-refractivity contribution in [1.29, 1.82) is 0 Å². The van der Waals surface area contributed by atoms with Crippen LogP contribution in [0, 0.1) is 5.92 Å². The average Bonchev–Trinajstić information content (AvgIpc) is 3.13. The van der Waals surface area contributed by atoms with E-state index in [1.165, 1.54) is 0 Å². The molecule has 0 aromatic heterocycles. The van der Waals surface area contributed by atoms with Crippen LogP contribution in [0.4, 0.5) is 0 Å². The summed E-state index contributed by atoms with van der Waals surface area (Å²) < 4.78 is 5.80. The summed E-state index contributed by atoms with van der Waals surface area (Å²) >= 11 is 0. The molecule has 7 nitrogen and oxygen atoms in total. The van der Waals surface area contributed by atoms with Crippen molar-refractivity contribution in [2.45, 2.75) is 32.9 Å². The Hall–Kier alpha value is -1.55. The highest BCUT2D eigenvalue weighted by atomic mass is 127. The van der Waals surface area contributed by atoms with Gasteiger partial charge in [0.1, 0.15) is 12.4 Å². The molecule has 8 heteroatoms. The predicted octanol–water partition coefficient (Wildman–Crippen LogP) is 2.17. The van der Waals surface area contributed by atoms with Crippen molar-refractivity contribution in [3.8, 4) is 5.75 Å². The monoisotopic (exact) mass is 517 g/mol. The molecule has 1 atom stereocenters. The van der Waals surface area contributed by atoms with E-state index in [0.29, 0.717) is 13.2 Å². The van der Waals surface area contributed by atoms with E-state index in [9.17, 15) is 4.79 Å². The van der Waals surface area contributed by atoms with Crippen LogP contribution in [0.25, 0.3) is 0 Å². The van der Waals surface area contributed by atoms with E-state index in [0.717, 1.165) is 43.3 Å². The number of carbonyl (C=O) groups excluding carboxylic acids is 1. The second-order valence-electron chi connectivity index (χ2n) is 7.79.